The van der Waals surface area contributed by atoms with E-state index in [1.165, 1.54) is 99.0 Å². The van der Waals surface area contributed by atoms with Crippen molar-refractivity contribution in [1.82, 2.24) is 9.13 Å². The topological polar surface area (TPSA) is 56.8 Å². The van der Waals surface area contributed by atoms with Crippen LogP contribution in [-0.4, -0.2) is 26.3 Å². The Hall–Kier alpha value is -13.9. The molecule has 20 rings (SSSR count). The molecule has 6 nitrogen and oxygen atoms in total. The van der Waals surface area contributed by atoms with Crippen molar-refractivity contribution in [3.8, 4) is 67.0 Å². The Morgan fingerprint density at radius 1 is 0.214 bits per heavy atom. The third kappa shape index (κ3) is 14.1. The van der Waals surface area contributed by atoms with Gasteiger partial charge in [-0.25, -0.2) is 0 Å². The van der Waals surface area contributed by atoms with Gasteiger partial charge in [0.2, 0.25) is 0 Å². The Morgan fingerprint density at radius 3 is 0.938 bits per heavy atom. The minimum Gasteiger partial charge on any atom is -0.423 e. The molecule has 112 heavy (non-hydrogen) atoms. The van der Waals surface area contributed by atoms with Gasteiger partial charge in [0.25, 0.3) is 0 Å². The zero-order valence-electron chi connectivity index (χ0n) is 61.2. The van der Waals surface area contributed by atoms with E-state index in [4.69, 9.17) is 0 Å². The lowest BCUT2D eigenvalue weighted by Crippen LogP contribution is -2.29. The molecule has 2 N–H and O–H groups in total. The second-order valence-electron chi connectivity index (χ2n) is 27.9. The first kappa shape index (κ1) is 69.9. The quantitative estimate of drug-likeness (QED) is 0.107. The van der Waals surface area contributed by atoms with Gasteiger partial charge in [-0.2, -0.15) is 0 Å². The molecule has 18 aromatic carbocycles. The van der Waals surface area contributed by atoms with Crippen molar-refractivity contribution in [1.29, 1.82) is 0 Å². The fraction of sp³-hybridized carbons (Fsp3) is 0. The number of nitrogens with zero attached hydrogens (tertiary/aromatic N) is 4. The highest BCUT2D eigenvalue weighted by atomic mass is 79.9. The third-order valence-corrected chi connectivity index (χ3v) is 21.7. The Bertz CT molecular complexity index is 6670. The van der Waals surface area contributed by atoms with Gasteiger partial charge in [0.15, 0.2) is 0 Å². The van der Waals surface area contributed by atoms with E-state index < -0.39 is 7.12 Å². The van der Waals surface area contributed by atoms with Crippen molar-refractivity contribution in [3.63, 3.8) is 0 Å². The maximum atomic E-state index is 9.57. The number of aromatic nitrogens is 2. The smallest absolute Gasteiger partial charge is 0.423 e. The molecule has 0 saturated carbocycles. The molecular weight excluding hydrogens is 1430 g/mol. The Kier molecular flexibility index (Phi) is 19.6. The number of halogens is 1. The fourth-order valence-corrected chi connectivity index (χ4v) is 16.0. The number of para-hydroxylation sites is 4. The first-order chi connectivity index (χ1) is 55.3. The molecule has 0 atom stereocenters. The normalized spacial score (nSPS) is 11.2. The molecule has 2 aromatic heterocycles. The molecule has 0 unspecified atom stereocenters. The van der Waals surface area contributed by atoms with E-state index in [-0.39, 0.29) is 0 Å². The predicted octanol–water partition coefficient (Wildman–Crippen LogP) is 27.3. The van der Waals surface area contributed by atoms with Gasteiger partial charge >= 0.3 is 7.12 Å². The molecule has 0 aliphatic rings. The summed E-state index contributed by atoms with van der Waals surface area (Å²) in [6, 6.07) is 154. The van der Waals surface area contributed by atoms with Crippen LogP contribution in [0.15, 0.2) is 441 Å². The van der Waals surface area contributed by atoms with E-state index in [0.717, 1.165) is 71.8 Å². The second-order valence-corrected chi connectivity index (χ2v) is 28.8. The predicted molar refractivity (Wildman–Crippen MR) is 477 cm³/mol. The zero-order valence-corrected chi connectivity index (χ0v) is 62.8. The van der Waals surface area contributed by atoms with Crippen LogP contribution in [-0.2, 0) is 0 Å². The fourth-order valence-electron chi connectivity index (χ4n) is 15.7. The van der Waals surface area contributed by atoms with Gasteiger partial charge in [-0.05, 0) is 222 Å². The minimum absolute atomic E-state index is 0.495. The first-order valence-electron chi connectivity index (χ1n) is 37.8. The van der Waals surface area contributed by atoms with Gasteiger partial charge in [-0.15, -0.1) is 0 Å². The first-order valence-corrected chi connectivity index (χ1v) is 38.6. The molecule has 0 amide bonds. The standard InChI is InChI=1S/C52H36N2.C28H20BrN.C24H18BNO2/c1-3-12-37(13-4-1)38-22-31-46(32-23-38)54-51-21-10-9-19-49(51)50-36-42(28-35-52(50)54)39-24-29-44(30-25-39)53(43-16-5-2-6-17-43)45-33-26-41(27-34-45)48-20-11-15-40-14-7-8-18-47(40)48;29-23-15-19-26(20-16-23)30(24-9-2-1-3-10-24)25-17-13-22(14-18-25)28-12-6-8-21-7-4-5-11-27(21)28;27-25(28)19-12-15-24-22(16-19)21-8-4-5-9-23(21)26(24)20-13-10-18(11-14-20)17-6-2-1-3-7-17/h1-36H;1-20H;1-16,27-28H. The number of hydrogen-bond acceptors (Lipinski definition) is 4. The lowest BCUT2D eigenvalue weighted by Gasteiger charge is -2.26. The highest BCUT2D eigenvalue weighted by molar-refractivity contribution is 9.10. The van der Waals surface area contributed by atoms with E-state index >= 15 is 0 Å². The molecule has 20 aromatic rings. The van der Waals surface area contributed by atoms with Crippen molar-refractivity contribution < 1.29 is 10.0 Å². The van der Waals surface area contributed by atoms with Gasteiger partial charge in [-0.1, -0.05) is 313 Å². The summed E-state index contributed by atoms with van der Waals surface area (Å²) in [6.45, 7) is 0. The van der Waals surface area contributed by atoms with Gasteiger partial charge in [-0.3, -0.25) is 0 Å². The van der Waals surface area contributed by atoms with Gasteiger partial charge < -0.3 is 29.0 Å². The Labute approximate surface area is 660 Å². The van der Waals surface area contributed by atoms with Crippen molar-refractivity contribution in [3.05, 3.63) is 441 Å². The van der Waals surface area contributed by atoms with Crippen molar-refractivity contribution in [2.24, 2.45) is 0 Å². The average molecular weight is 1500 g/mol. The average Bonchev–Trinajstić information content (AvgIpc) is 1.59. The molecule has 0 aliphatic heterocycles. The summed E-state index contributed by atoms with van der Waals surface area (Å²) < 4.78 is 5.67. The van der Waals surface area contributed by atoms with Crippen LogP contribution in [0.25, 0.3) is 132 Å². The summed E-state index contributed by atoms with van der Waals surface area (Å²) in [5.41, 5.74) is 26.1. The van der Waals surface area contributed by atoms with Gasteiger partial charge in [0.05, 0.1) is 22.1 Å². The summed E-state index contributed by atoms with van der Waals surface area (Å²) in [5, 5.41) is 28.8. The number of fused-ring (bicyclic) bond motifs is 8. The maximum Gasteiger partial charge on any atom is 0.488 e. The monoisotopic (exact) mass is 1500 g/mol. The summed E-state index contributed by atoms with van der Waals surface area (Å²) >= 11 is 3.54. The van der Waals surface area contributed by atoms with Crippen LogP contribution < -0.4 is 15.3 Å². The molecule has 0 spiro atoms. The van der Waals surface area contributed by atoms with E-state index in [2.05, 4.69) is 417 Å². The van der Waals surface area contributed by atoms with Crippen LogP contribution in [0.1, 0.15) is 0 Å². The third-order valence-electron chi connectivity index (χ3n) is 21.2. The van der Waals surface area contributed by atoms with Gasteiger partial charge in [0.1, 0.15) is 0 Å². The molecular formula is C104H74BBrN4O2. The lowest BCUT2D eigenvalue weighted by molar-refractivity contribution is 0.426. The van der Waals surface area contributed by atoms with E-state index in [9.17, 15) is 10.0 Å². The highest BCUT2D eigenvalue weighted by Crippen LogP contribution is 2.42. The van der Waals surface area contributed by atoms with E-state index in [1.807, 2.05) is 48.5 Å². The second kappa shape index (κ2) is 31.4. The summed E-state index contributed by atoms with van der Waals surface area (Å²) in [4.78, 5) is 4.61. The number of benzene rings is 18. The van der Waals surface area contributed by atoms with Crippen molar-refractivity contribution in [2.75, 3.05) is 9.80 Å². The largest absolute Gasteiger partial charge is 0.488 e. The maximum absolute atomic E-state index is 9.57. The molecule has 0 radical (unpaired) electrons. The van der Waals surface area contributed by atoms with Gasteiger partial charge in [0, 0.05) is 71.5 Å². The number of hydrogen-bond donors (Lipinski definition) is 2. The molecule has 0 fully saturated rings. The van der Waals surface area contributed by atoms with Crippen LogP contribution in [0, 0.1) is 0 Å². The molecule has 8 heteroatoms. The van der Waals surface area contributed by atoms with Crippen LogP contribution >= 0.6 is 15.9 Å². The van der Waals surface area contributed by atoms with Crippen LogP contribution in [0.5, 0.6) is 0 Å². The molecule has 0 bridgehead atoms. The molecule has 532 valence electrons. The number of rotatable bonds is 14. The van der Waals surface area contributed by atoms with Crippen LogP contribution in [0.2, 0.25) is 0 Å². The zero-order chi connectivity index (χ0) is 75.3. The molecule has 2 heterocycles. The van der Waals surface area contributed by atoms with E-state index in [1.54, 1.807) is 6.07 Å². The van der Waals surface area contributed by atoms with Crippen molar-refractivity contribution in [2.45, 2.75) is 0 Å². The Balaban J connectivity index is 0.000000128. The summed E-state index contributed by atoms with van der Waals surface area (Å²) in [7, 11) is -1.48. The molecule has 0 saturated heterocycles. The van der Waals surface area contributed by atoms with Crippen LogP contribution in [0.3, 0.4) is 0 Å². The summed E-state index contributed by atoms with van der Waals surface area (Å²) in [5.74, 6) is 0. The lowest BCUT2D eigenvalue weighted by atomic mass is 9.80. The van der Waals surface area contributed by atoms with E-state index in [0.29, 0.717) is 5.46 Å². The Morgan fingerprint density at radius 2 is 0.509 bits per heavy atom. The molecule has 0 aliphatic carbocycles. The minimum atomic E-state index is -1.48. The van der Waals surface area contributed by atoms with Crippen LogP contribution in [0.4, 0.5) is 34.1 Å². The summed E-state index contributed by atoms with van der Waals surface area (Å²) in [6.07, 6.45) is 0. The number of anilines is 6. The highest BCUT2D eigenvalue weighted by Gasteiger charge is 2.20. The van der Waals surface area contributed by atoms with Crippen molar-refractivity contribution >= 4 is 128 Å². The SMILES string of the molecule is Brc1ccc(N(c2ccccc2)c2ccc(-c3cccc4ccccc34)cc2)cc1.OB(O)c1ccc2c(c1)c1ccccc1n2-c1ccc(-c2ccccc2)cc1.c1ccc(-c2ccc(-n3c4ccccc4c4cc(-c5ccc(N(c6ccccc6)c6ccc(-c7cccc8ccccc78)cc6)cc5)ccc43)cc2)cc1.